The molecule has 2 aromatic carbocycles. The van der Waals surface area contributed by atoms with E-state index in [0.717, 1.165) is 22.5 Å². The lowest BCUT2D eigenvalue weighted by Gasteiger charge is -2.22. The molecule has 0 atom stereocenters. The molecule has 0 bridgehead atoms. The van der Waals surface area contributed by atoms with Crippen molar-refractivity contribution in [2.24, 2.45) is 0 Å². The molecule has 1 fully saturated rings. The molecule has 24 heavy (non-hydrogen) atoms. The Balaban J connectivity index is 1.83. The van der Waals surface area contributed by atoms with Crippen LogP contribution < -0.4 is 15.3 Å². The Hall–Kier alpha value is -2.75. The first-order valence-electron chi connectivity index (χ1n) is 8.12. The van der Waals surface area contributed by atoms with Gasteiger partial charge < -0.3 is 14.1 Å². The minimum atomic E-state index is -0.341. The average Bonchev–Trinajstić information content (AvgIpc) is 3.44. The maximum absolute atomic E-state index is 11.9. The van der Waals surface area contributed by atoms with Crippen LogP contribution in [-0.2, 0) is 0 Å². The number of rotatable bonds is 4. The van der Waals surface area contributed by atoms with E-state index in [1.165, 1.54) is 18.4 Å². The second-order valence-electron chi connectivity index (χ2n) is 6.21. The zero-order valence-corrected chi connectivity index (χ0v) is 13.8. The molecule has 0 amide bonds. The molecule has 0 saturated heterocycles. The molecule has 4 rings (SSSR count). The van der Waals surface area contributed by atoms with Gasteiger partial charge in [0.15, 0.2) is 0 Å². The van der Waals surface area contributed by atoms with Crippen LogP contribution in [0.4, 0.5) is 11.4 Å². The number of fused-ring (bicyclic) bond motifs is 1. The lowest BCUT2D eigenvalue weighted by Crippen LogP contribution is -2.13. The third-order valence-corrected chi connectivity index (χ3v) is 4.61. The molecule has 0 aliphatic heterocycles. The van der Waals surface area contributed by atoms with Gasteiger partial charge in [-0.25, -0.2) is 4.79 Å². The van der Waals surface area contributed by atoms with E-state index in [2.05, 4.69) is 6.07 Å². The first-order chi connectivity index (χ1) is 11.7. The minimum Gasteiger partial charge on any atom is -0.496 e. The van der Waals surface area contributed by atoms with Crippen LogP contribution in [0, 0.1) is 0 Å². The Labute approximate surface area is 140 Å². The number of ether oxygens (including phenoxy) is 1. The fraction of sp³-hybridized carbons (Fsp3) is 0.250. The highest BCUT2D eigenvalue weighted by atomic mass is 16.5. The lowest BCUT2D eigenvalue weighted by atomic mass is 10.1. The van der Waals surface area contributed by atoms with E-state index < -0.39 is 0 Å². The number of para-hydroxylation sites is 1. The van der Waals surface area contributed by atoms with E-state index in [0.29, 0.717) is 11.5 Å². The molecule has 0 unspecified atom stereocenters. The third kappa shape index (κ3) is 2.54. The Morgan fingerprint density at radius 1 is 1.12 bits per heavy atom. The van der Waals surface area contributed by atoms with Gasteiger partial charge >= 0.3 is 5.63 Å². The maximum Gasteiger partial charge on any atom is 0.338 e. The van der Waals surface area contributed by atoms with E-state index >= 15 is 0 Å². The normalized spacial score (nSPS) is 13.9. The van der Waals surface area contributed by atoms with Gasteiger partial charge in [0.2, 0.25) is 0 Å². The SMILES string of the molecule is COc1ccc(N(C)c2cc(=O)oc3ccccc23)cc1C1CC1. The number of benzene rings is 2. The van der Waals surface area contributed by atoms with E-state index in [4.69, 9.17) is 9.15 Å². The number of methoxy groups -OCH3 is 1. The second-order valence-corrected chi connectivity index (χ2v) is 6.21. The van der Waals surface area contributed by atoms with Crippen LogP contribution in [0.1, 0.15) is 24.3 Å². The van der Waals surface area contributed by atoms with Gasteiger partial charge in [0.05, 0.1) is 12.8 Å². The quantitative estimate of drug-likeness (QED) is 0.666. The van der Waals surface area contributed by atoms with Crippen molar-refractivity contribution < 1.29 is 9.15 Å². The zero-order chi connectivity index (χ0) is 16.7. The Kier molecular flexibility index (Phi) is 3.53. The molecule has 1 saturated carbocycles. The number of hydrogen-bond donors (Lipinski definition) is 0. The topological polar surface area (TPSA) is 42.7 Å². The Bertz CT molecular complexity index is 957. The number of anilines is 2. The third-order valence-electron chi connectivity index (χ3n) is 4.61. The van der Waals surface area contributed by atoms with Crippen LogP contribution in [0.2, 0.25) is 0 Å². The van der Waals surface area contributed by atoms with E-state index in [9.17, 15) is 4.79 Å². The van der Waals surface area contributed by atoms with Gasteiger partial charge in [-0.3, -0.25) is 0 Å². The molecule has 4 heteroatoms. The summed E-state index contributed by atoms with van der Waals surface area (Å²) in [6.45, 7) is 0. The van der Waals surface area contributed by atoms with Crippen LogP contribution in [0.15, 0.2) is 57.7 Å². The summed E-state index contributed by atoms with van der Waals surface area (Å²) in [6.07, 6.45) is 2.42. The van der Waals surface area contributed by atoms with Crippen molar-refractivity contribution >= 4 is 22.3 Å². The molecule has 0 spiro atoms. The predicted molar refractivity (Wildman–Crippen MR) is 95.5 cm³/mol. The van der Waals surface area contributed by atoms with Gasteiger partial charge in [-0.2, -0.15) is 0 Å². The molecule has 1 aromatic heterocycles. The molecule has 0 radical (unpaired) electrons. The molecule has 1 heterocycles. The van der Waals surface area contributed by atoms with Crippen molar-refractivity contribution in [3.8, 4) is 5.75 Å². The van der Waals surface area contributed by atoms with Crippen molar-refractivity contribution in [1.82, 2.24) is 0 Å². The Morgan fingerprint density at radius 3 is 2.67 bits per heavy atom. The molecule has 4 nitrogen and oxygen atoms in total. The monoisotopic (exact) mass is 321 g/mol. The molecular formula is C20H19NO3. The van der Waals surface area contributed by atoms with E-state index in [1.54, 1.807) is 13.2 Å². The molecule has 0 N–H and O–H groups in total. The maximum atomic E-state index is 11.9. The first-order valence-corrected chi connectivity index (χ1v) is 8.12. The fourth-order valence-corrected chi connectivity index (χ4v) is 3.15. The molecular weight excluding hydrogens is 302 g/mol. The summed E-state index contributed by atoms with van der Waals surface area (Å²) in [6, 6.07) is 15.3. The van der Waals surface area contributed by atoms with Gasteiger partial charge in [-0.1, -0.05) is 12.1 Å². The van der Waals surface area contributed by atoms with Crippen LogP contribution in [0.5, 0.6) is 5.75 Å². The highest BCUT2D eigenvalue weighted by Gasteiger charge is 2.27. The molecule has 122 valence electrons. The Morgan fingerprint density at radius 2 is 1.92 bits per heavy atom. The summed E-state index contributed by atoms with van der Waals surface area (Å²) in [7, 11) is 3.68. The van der Waals surface area contributed by atoms with Crippen LogP contribution in [0.25, 0.3) is 11.0 Å². The molecule has 3 aromatic rings. The van der Waals surface area contributed by atoms with Crippen LogP contribution in [-0.4, -0.2) is 14.2 Å². The summed E-state index contributed by atoms with van der Waals surface area (Å²) in [4.78, 5) is 13.9. The van der Waals surface area contributed by atoms with E-state index in [1.807, 2.05) is 48.3 Å². The fourth-order valence-electron chi connectivity index (χ4n) is 3.15. The standard InChI is InChI=1S/C20H19NO3/c1-21(14-9-10-18(23-2)16(11-14)13-7-8-13)17-12-20(22)24-19-6-4-3-5-15(17)19/h3-6,9-13H,7-8H2,1-2H3. The van der Waals surface area contributed by atoms with Gasteiger partial charge in [-0.05, 0) is 54.7 Å². The minimum absolute atomic E-state index is 0.341. The number of hydrogen-bond acceptors (Lipinski definition) is 4. The molecule has 1 aliphatic carbocycles. The van der Waals surface area contributed by atoms with Crippen LogP contribution >= 0.6 is 0 Å². The van der Waals surface area contributed by atoms with Gasteiger partial charge in [-0.15, -0.1) is 0 Å². The van der Waals surface area contributed by atoms with E-state index in [-0.39, 0.29) is 5.63 Å². The van der Waals surface area contributed by atoms with Crippen LogP contribution in [0.3, 0.4) is 0 Å². The summed E-state index contributed by atoms with van der Waals surface area (Å²) >= 11 is 0. The van der Waals surface area contributed by atoms with Gasteiger partial charge in [0.1, 0.15) is 11.3 Å². The largest absolute Gasteiger partial charge is 0.496 e. The van der Waals surface area contributed by atoms with Crippen molar-refractivity contribution in [2.45, 2.75) is 18.8 Å². The summed E-state index contributed by atoms with van der Waals surface area (Å²) < 4.78 is 10.8. The number of nitrogens with zero attached hydrogens (tertiary/aromatic N) is 1. The van der Waals surface area contributed by atoms with Gasteiger partial charge in [0.25, 0.3) is 0 Å². The van der Waals surface area contributed by atoms with Crippen molar-refractivity contribution in [3.63, 3.8) is 0 Å². The highest BCUT2D eigenvalue weighted by molar-refractivity contribution is 5.92. The summed E-state index contributed by atoms with van der Waals surface area (Å²) in [5.74, 6) is 1.53. The van der Waals surface area contributed by atoms with Crippen molar-refractivity contribution in [1.29, 1.82) is 0 Å². The smallest absolute Gasteiger partial charge is 0.338 e. The summed E-state index contributed by atoms with van der Waals surface area (Å²) in [5, 5.41) is 0.920. The zero-order valence-electron chi connectivity index (χ0n) is 13.8. The average molecular weight is 321 g/mol. The van der Waals surface area contributed by atoms with Crippen molar-refractivity contribution in [2.75, 3.05) is 19.1 Å². The highest BCUT2D eigenvalue weighted by Crippen LogP contribution is 2.46. The molecule has 1 aliphatic rings. The summed E-state index contributed by atoms with van der Waals surface area (Å²) in [5.41, 5.74) is 3.38. The second kappa shape index (κ2) is 5.71. The predicted octanol–water partition coefficient (Wildman–Crippen LogP) is 4.45. The lowest BCUT2D eigenvalue weighted by molar-refractivity contribution is 0.410. The van der Waals surface area contributed by atoms with Gasteiger partial charge in [0, 0.05) is 24.2 Å². The van der Waals surface area contributed by atoms with Crippen molar-refractivity contribution in [3.05, 3.63) is 64.5 Å². The first kappa shape index (κ1) is 14.8.